The van der Waals surface area contributed by atoms with Crippen molar-refractivity contribution in [3.8, 4) is 28.6 Å². The lowest BCUT2D eigenvalue weighted by Gasteiger charge is -2.12. The smallest absolute Gasteiger partial charge is 0.288 e. The van der Waals surface area contributed by atoms with Crippen LogP contribution in [0.15, 0.2) is 77.4 Å². The first-order valence-corrected chi connectivity index (χ1v) is 10.2. The quantitative estimate of drug-likeness (QED) is 0.420. The SMILES string of the molecule is CCOc1ccc(C(=O)NNC(=O)c2cc(-c3ccco3)nn2-c2ccccc2)cc1OC. The lowest BCUT2D eigenvalue weighted by atomic mass is 10.2. The predicted molar refractivity (Wildman–Crippen MR) is 120 cm³/mol. The van der Waals surface area contributed by atoms with Crippen molar-refractivity contribution < 1.29 is 23.5 Å². The van der Waals surface area contributed by atoms with Crippen LogP contribution in [0.1, 0.15) is 27.8 Å². The average molecular weight is 446 g/mol. The molecule has 0 bridgehead atoms. The summed E-state index contributed by atoms with van der Waals surface area (Å²) in [7, 11) is 1.49. The fraction of sp³-hybridized carbons (Fsp3) is 0.125. The van der Waals surface area contributed by atoms with Crippen LogP contribution in [0, 0.1) is 0 Å². The third-order valence-electron chi connectivity index (χ3n) is 4.73. The van der Waals surface area contributed by atoms with Gasteiger partial charge in [0, 0.05) is 11.6 Å². The molecule has 0 spiro atoms. The first-order valence-electron chi connectivity index (χ1n) is 10.2. The molecule has 9 nitrogen and oxygen atoms in total. The van der Waals surface area contributed by atoms with E-state index in [2.05, 4.69) is 16.0 Å². The second kappa shape index (κ2) is 9.73. The Morgan fingerprint density at radius 2 is 1.76 bits per heavy atom. The summed E-state index contributed by atoms with van der Waals surface area (Å²) in [6, 6.07) is 19.0. The molecule has 0 saturated carbocycles. The van der Waals surface area contributed by atoms with Crippen molar-refractivity contribution in [1.82, 2.24) is 20.6 Å². The van der Waals surface area contributed by atoms with Gasteiger partial charge in [-0.15, -0.1) is 0 Å². The second-order valence-corrected chi connectivity index (χ2v) is 6.85. The normalized spacial score (nSPS) is 10.5. The van der Waals surface area contributed by atoms with E-state index < -0.39 is 11.8 Å². The highest BCUT2D eigenvalue weighted by Gasteiger charge is 2.20. The molecule has 4 rings (SSSR count). The molecule has 0 aliphatic heterocycles. The molecule has 2 amide bonds. The van der Waals surface area contributed by atoms with Gasteiger partial charge in [-0.05, 0) is 49.4 Å². The number of benzene rings is 2. The van der Waals surface area contributed by atoms with Crippen molar-refractivity contribution >= 4 is 11.8 Å². The summed E-state index contributed by atoms with van der Waals surface area (Å²) < 4.78 is 17.6. The van der Waals surface area contributed by atoms with E-state index in [1.165, 1.54) is 24.1 Å². The van der Waals surface area contributed by atoms with E-state index >= 15 is 0 Å². The van der Waals surface area contributed by atoms with Crippen LogP contribution >= 0.6 is 0 Å². The van der Waals surface area contributed by atoms with Gasteiger partial charge in [0.25, 0.3) is 11.8 Å². The summed E-state index contributed by atoms with van der Waals surface area (Å²) in [5.41, 5.74) is 6.55. The maximum Gasteiger partial charge on any atom is 0.288 e. The van der Waals surface area contributed by atoms with E-state index in [4.69, 9.17) is 13.9 Å². The van der Waals surface area contributed by atoms with E-state index in [0.29, 0.717) is 40.8 Å². The zero-order chi connectivity index (χ0) is 23.2. The summed E-state index contributed by atoms with van der Waals surface area (Å²) in [6.07, 6.45) is 1.53. The van der Waals surface area contributed by atoms with Gasteiger partial charge < -0.3 is 13.9 Å². The zero-order valence-electron chi connectivity index (χ0n) is 18.1. The molecule has 9 heteroatoms. The van der Waals surface area contributed by atoms with Crippen LogP contribution in [0.25, 0.3) is 17.1 Å². The molecule has 2 heterocycles. The molecule has 0 aliphatic carbocycles. The molecule has 0 atom stereocenters. The fourth-order valence-electron chi connectivity index (χ4n) is 3.19. The van der Waals surface area contributed by atoms with Crippen molar-refractivity contribution in [2.75, 3.05) is 13.7 Å². The number of carbonyl (C=O) groups is 2. The Morgan fingerprint density at radius 1 is 0.970 bits per heavy atom. The van der Waals surface area contributed by atoms with Gasteiger partial charge in [-0.25, -0.2) is 4.68 Å². The average Bonchev–Trinajstić information content (AvgIpc) is 3.53. The Hall–Kier alpha value is -4.53. The molecule has 2 N–H and O–H groups in total. The van der Waals surface area contributed by atoms with Gasteiger partial charge in [-0.1, -0.05) is 18.2 Å². The Labute approximate surface area is 189 Å². The maximum atomic E-state index is 13.0. The van der Waals surface area contributed by atoms with Crippen LogP contribution in [0.2, 0.25) is 0 Å². The Kier molecular flexibility index (Phi) is 6.40. The Morgan fingerprint density at radius 3 is 2.45 bits per heavy atom. The van der Waals surface area contributed by atoms with Gasteiger partial charge in [0.15, 0.2) is 17.3 Å². The standard InChI is InChI=1S/C24H22N4O5/c1-3-32-21-12-11-16(14-22(21)31-2)23(29)25-26-24(30)19-15-18(20-10-7-13-33-20)27-28(19)17-8-5-4-6-9-17/h4-15H,3H2,1-2H3,(H,25,29)(H,26,30). The first kappa shape index (κ1) is 21.7. The number of nitrogens with zero attached hydrogens (tertiary/aromatic N) is 2. The number of para-hydroxylation sites is 1. The maximum absolute atomic E-state index is 13.0. The third kappa shape index (κ3) is 4.72. The number of amides is 2. The first-order chi connectivity index (χ1) is 16.1. The van der Waals surface area contributed by atoms with E-state index in [-0.39, 0.29) is 5.69 Å². The van der Waals surface area contributed by atoms with Crippen LogP contribution in [0.3, 0.4) is 0 Å². The van der Waals surface area contributed by atoms with Crippen LogP contribution in [0.4, 0.5) is 0 Å². The number of hydrazine groups is 1. The van der Waals surface area contributed by atoms with Gasteiger partial charge >= 0.3 is 0 Å². The lowest BCUT2D eigenvalue weighted by Crippen LogP contribution is -2.42. The monoisotopic (exact) mass is 446 g/mol. The minimum Gasteiger partial charge on any atom is -0.493 e. The molecule has 0 fully saturated rings. The van der Waals surface area contributed by atoms with Crippen molar-refractivity contribution in [3.63, 3.8) is 0 Å². The number of hydrogen-bond acceptors (Lipinski definition) is 6. The van der Waals surface area contributed by atoms with E-state index in [1.807, 2.05) is 37.3 Å². The molecule has 168 valence electrons. The highest BCUT2D eigenvalue weighted by Crippen LogP contribution is 2.28. The van der Waals surface area contributed by atoms with Gasteiger partial charge in [0.2, 0.25) is 0 Å². The lowest BCUT2D eigenvalue weighted by molar-refractivity contribution is 0.0842. The van der Waals surface area contributed by atoms with Gasteiger partial charge in [0.05, 0.1) is 25.7 Å². The molecule has 0 aliphatic rings. The Balaban J connectivity index is 1.54. The molecular formula is C24H22N4O5. The largest absolute Gasteiger partial charge is 0.493 e. The topological polar surface area (TPSA) is 108 Å². The summed E-state index contributed by atoms with van der Waals surface area (Å²) in [6.45, 7) is 2.32. The molecule has 0 radical (unpaired) electrons. The van der Waals surface area contributed by atoms with E-state index in [9.17, 15) is 9.59 Å². The minimum atomic E-state index is -0.546. The number of ether oxygens (including phenoxy) is 2. The van der Waals surface area contributed by atoms with Crippen molar-refractivity contribution in [1.29, 1.82) is 0 Å². The van der Waals surface area contributed by atoms with Crippen molar-refractivity contribution in [2.24, 2.45) is 0 Å². The molecule has 0 unspecified atom stereocenters. The zero-order valence-corrected chi connectivity index (χ0v) is 18.1. The molecule has 2 aromatic carbocycles. The van der Waals surface area contributed by atoms with Crippen LogP contribution in [-0.2, 0) is 0 Å². The van der Waals surface area contributed by atoms with E-state index in [0.717, 1.165) is 0 Å². The van der Waals surface area contributed by atoms with Crippen molar-refractivity contribution in [2.45, 2.75) is 6.92 Å². The predicted octanol–water partition coefficient (Wildman–Crippen LogP) is 3.61. The molecule has 33 heavy (non-hydrogen) atoms. The van der Waals surface area contributed by atoms with Gasteiger partial charge in [0.1, 0.15) is 11.4 Å². The molecule has 4 aromatic rings. The number of furan rings is 1. The highest BCUT2D eigenvalue weighted by molar-refractivity contribution is 5.99. The molecule has 0 saturated heterocycles. The van der Waals surface area contributed by atoms with Gasteiger partial charge in [-0.3, -0.25) is 20.4 Å². The highest BCUT2D eigenvalue weighted by atomic mass is 16.5. The number of hydrogen-bond donors (Lipinski definition) is 2. The number of methoxy groups -OCH3 is 1. The molecule has 2 aromatic heterocycles. The van der Waals surface area contributed by atoms with Gasteiger partial charge in [-0.2, -0.15) is 5.10 Å². The summed E-state index contributed by atoms with van der Waals surface area (Å²) in [5.74, 6) is 0.403. The van der Waals surface area contributed by atoms with Crippen LogP contribution < -0.4 is 20.3 Å². The third-order valence-corrected chi connectivity index (χ3v) is 4.73. The number of carbonyl (C=O) groups excluding carboxylic acids is 2. The second-order valence-electron chi connectivity index (χ2n) is 6.85. The number of aromatic nitrogens is 2. The van der Waals surface area contributed by atoms with Crippen molar-refractivity contribution in [3.05, 3.63) is 84.3 Å². The van der Waals surface area contributed by atoms with Crippen LogP contribution in [-0.4, -0.2) is 35.3 Å². The summed E-state index contributed by atoms with van der Waals surface area (Å²) in [5, 5.41) is 4.50. The minimum absolute atomic E-state index is 0.220. The number of rotatable bonds is 7. The van der Waals surface area contributed by atoms with E-state index in [1.54, 1.807) is 30.3 Å². The summed E-state index contributed by atoms with van der Waals surface area (Å²) >= 11 is 0. The fourth-order valence-corrected chi connectivity index (χ4v) is 3.19. The summed E-state index contributed by atoms with van der Waals surface area (Å²) in [4.78, 5) is 25.6. The molecular weight excluding hydrogens is 424 g/mol. The number of nitrogens with one attached hydrogen (secondary N) is 2. The Bertz CT molecular complexity index is 1250. The van der Waals surface area contributed by atoms with Crippen LogP contribution in [0.5, 0.6) is 11.5 Å².